The minimum Gasteiger partial charge on any atom is -0.341 e. The monoisotopic (exact) mass is 365 g/mol. The highest BCUT2D eigenvalue weighted by molar-refractivity contribution is 9.10. The van der Waals surface area contributed by atoms with Gasteiger partial charge < -0.3 is 9.84 Å². The first kappa shape index (κ1) is 16.7. The third kappa shape index (κ3) is 3.74. The van der Waals surface area contributed by atoms with Gasteiger partial charge in [-0.2, -0.15) is 4.98 Å². The van der Waals surface area contributed by atoms with Crippen LogP contribution in [0.3, 0.4) is 0 Å². The molecule has 0 saturated carbocycles. The van der Waals surface area contributed by atoms with Crippen molar-refractivity contribution in [3.8, 4) is 0 Å². The van der Waals surface area contributed by atoms with Crippen molar-refractivity contribution in [3.05, 3.63) is 45.5 Å². The number of halogens is 1. The fourth-order valence-electron chi connectivity index (χ4n) is 2.08. The molecule has 0 unspecified atom stereocenters. The minimum atomic E-state index is -0.363. The third-order valence-electron chi connectivity index (χ3n) is 3.34. The summed E-state index contributed by atoms with van der Waals surface area (Å²) in [6.45, 7) is 9.83. The Hall–Kier alpha value is -1.69. The van der Waals surface area contributed by atoms with E-state index in [4.69, 9.17) is 4.52 Å². The van der Waals surface area contributed by atoms with E-state index >= 15 is 0 Å². The van der Waals surface area contributed by atoms with E-state index < -0.39 is 0 Å². The predicted octanol–water partition coefficient (Wildman–Crippen LogP) is 3.93. The molecule has 0 bridgehead atoms. The lowest BCUT2D eigenvalue weighted by Gasteiger charge is -2.15. The molecular formula is C16H20BrN3O2. The Morgan fingerprint density at radius 3 is 2.59 bits per heavy atom. The number of benzene rings is 1. The van der Waals surface area contributed by atoms with Crippen LogP contribution in [0.2, 0.25) is 0 Å². The van der Waals surface area contributed by atoms with Crippen LogP contribution in [0.25, 0.3) is 0 Å². The summed E-state index contributed by atoms with van der Waals surface area (Å²) in [6.07, 6.45) is 0. The molecule has 5 nitrogen and oxygen atoms in total. The van der Waals surface area contributed by atoms with E-state index in [0.717, 1.165) is 15.6 Å². The Labute approximate surface area is 138 Å². The van der Waals surface area contributed by atoms with Gasteiger partial charge in [0, 0.05) is 9.89 Å². The van der Waals surface area contributed by atoms with Crippen LogP contribution < -0.4 is 5.32 Å². The summed E-state index contributed by atoms with van der Waals surface area (Å²) < 4.78 is 6.07. The van der Waals surface area contributed by atoms with Gasteiger partial charge in [0.05, 0.1) is 6.04 Å². The molecule has 0 saturated heterocycles. The summed E-state index contributed by atoms with van der Waals surface area (Å²) in [5, 5.41) is 6.75. The van der Waals surface area contributed by atoms with E-state index in [1.165, 1.54) is 0 Å². The van der Waals surface area contributed by atoms with Crippen molar-refractivity contribution in [3.63, 3.8) is 0 Å². The summed E-state index contributed by atoms with van der Waals surface area (Å²) in [6, 6.07) is 5.81. The number of aryl methyl sites for hydroxylation is 1. The molecule has 22 heavy (non-hydrogen) atoms. The van der Waals surface area contributed by atoms with Crippen LogP contribution in [-0.2, 0) is 5.41 Å². The Balaban J connectivity index is 2.13. The quantitative estimate of drug-likeness (QED) is 0.894. The molecule has 1 N–H and O–H groups in total. The predicted molar refractivity (Wildman–Crippen MR) is 87.8 cm³/mol. The maximum Gasteiger partial charge on any atom is 0.315 e. The molecular weight excluding hydrogens is 346 g/mol. The largest absolute Gasteiger partial charge is 0.341 e. The number of amides is 1. The van der Waals surface area contributed by atoms with Crippen LogP contribution in [0.15, 0.2) is 27.2 Å². The maximum atomic E-state index is 12.2. The van der Waals surface area contributed by atoms with Crippen molar-refractivity contribution in [2.45, 2.75) is 46.1 Å². The Morgan fingerprint density at radius 2 is 2.05 bits per heavy atom. The molecule has 0 spiro atoms. The second-order valence-corrected chi connectivity index (χ2v) is 7.28. The maximum absolute atomic E-state index is 12.2. The fourth-order valence-corrected chi connectivity index (χ4v) is 2.56. The van der Waals surface area contributed by atoms with E-state index in [-0.39, 0.29) is 23.3 Å². The van der Waals surface area contributed by atoms with E-state index in [0.29, 0.717) is 5.82 Å². The van der Waals surface area contributed by atoms with Gasteiger partial charge in [0.25, 0.3) is 0 Å². The molecule has 0 fully saturated rings. The summed E-state index contributed by atoms with van der Waals surface area (Å²) >= 11 is 3.43. The van der Waals surface area contributed by atoms with Crippen molar-refractivity contribution in [2.75, 3.05) is 0 Å². The second-order valence-electron chi connectivity index (χ2n) is 6.37. The number of carbonyl (C=O) groups excluding carboxylic acids is 1. The number of hydrogen-bond acceptors (Lipinski definition) is 4. The first-order chi connectivity index (χ1) is 10.2. The highest BCUT2D eigenvalue weighted by Crippen LogP contribution is 2.22. The van der Waals surface area contributed by atoms with Gasteiger partial charge >= 0.3 is 11.8 Å². The summed E-state index contributed by atoms with van der Waals surface area (Å²) in [5.74, 6) is 0.148. The number of hydrogen-bond donors (Lipinski definition) is 1. The van der Waals surface area contributed by atoms with Gasteiger partial charge in [-0.15, -0.1) is 0 Å². The zero-order valence-corrected chi connectivity index (χ0v) is 15.0. The Kier molecular flexibility index (Phi) is 4.70. The van der Waals surface area contributed by atoms with Gasteiger partial charge in [0.1, 0.15) is 0 Å². The lowest BCUT2D eigenvalue weighted by Crippen LogP contribution is -2.27. The number of carbonyl (C=O) groups is 1. The Morgan fingerprint density at radius 1 is 1.36 bits per heavy atom. The molecule has 1 atom stereocenters. The average Bonchev–Trinajstić information content (AvgIpc) is 2.87. The van der Waals surface area contributed by atoms with Crippen molar-refractivity contribution in [1.29, 1.82) is 0 Å². The van der Waals surface area contributed by atoms with Gasteiger partial charge in [0.2, 0.25) is 0 Å². The molecule has 0 radical (unpaired) electrons. The normalized spacial score (nSPS) is 13.0. The second kappa shape index (κ2) is 6.20. The minimum absolute atomic E-state index is 0.00783. The van der Waals surface area contributed by atoms with E-state index in [1.807, 2.05) is 52.8 Å². The average molecular weight is 366 g/mol. The van der Waals surface area contributed by atoms with Crippen LogP contribution in [0.5, 0.6) is 0 Å². The SMILES string of the molecule is Cc1cc(Br)ccc1[C@@H](C)NC(=O)c1nc(C(C)(C)C)no1. The van der Waals surface area contributed by atoms with Crippen LogP contribution in [0.1, 0.15) is 61.4 Å². The van der Waals surface area contributed by atoms with Crippen molar-refractivity contribution >= 4 is 21.8 Å². The van der Waals surface area contributed by atoms with Gasteiger partial charge in [-0.25, -0.2) is 0 Å². The number of aromatic nitrogens is 2. The van der Waals surface area contributed by atoms with Crippen LogP contribution in [-0.4, -0.2) is 16.0 Å². The molecule has 0 aliphatic rings. The molecule has 1 heterocycles. The van der Waals surface area contributed by atoms with Crippen molar-refractivity contribution < 1.29 is 9.32 Å². The number of nitrogens with one attached hydrogen (secondary N) is 1. The van der Waals surface area contributed by atoms with E-state index in [1.54, 1.807) is 0 Å². The van der Waals surface area contributed by atoms with E-state index in [2.05, 4.69) is 31.4 Å². The van der Waals surface area contributed by atoms with Crippen molar-refractivity contribution in [1.82, 2.24) is 15.5 Å². The van der Waals surface area contributed by atoms with Gasteiger partial charge in [-0.1, -0.05) is 47.9 Å². The lowest BCUT2D eigenvalue weighted by molar-refractivity contribution is 0.0895. The molecule has 1 aromatic heterocycles. The molecule has 2 aromatic rings. The standard InChI is InChI=1S/C16H20BrN3O2/c1-9-8-11(17)6-7-12(9)10(2)18-13(21)14-19-15(20-22-14)16(3,4)5/h6-8,10H,1-5H3,(H,18,21)/t10-/m1/s1. The molecule has 0 aliphatic carbocycles. The highest BCUT2D eigenvalue weighted by atomic mass is 79.9. The first-order valence-electron chi connectivity index (χ1n) is 7.09. The van der Waals surface area contributed by atoms with Gasteiger partial charge in [0.15, 0.2) is 5.82 Å². The zero-order chi connectivity index (χ0) is 16.5. The molecule has 1 aromatic carbocycles. The van der Waals surface area contributed by atoms with Gasteiger partial charge in [-0.05, 0) is 37.1 Å². The smallest absolute Gasteiger partial charge is 0.315 e. The van der Waals surface area contributed by atoms with Crippen molar-refractivity contribution in [2.24, 2.45) is 0 Å². The number of nitrogens with zero attached hydrogens (tertiary/aromatic N) is 2. The fraction of sp³-hybridized carbons (Fsp3) is 0.438. The molecule has 2 rings (SSSR count). The molecule has 118 valence electrons. The number of rotatable bonds is 3. The molecule has 0 aliphatic heterocycles. The highest BCUT2D eigenvalue weighted by Gasteiger charge is 2.24. The first-order valence-corrected chi connectivity index (χ1v) is 7.89. The topological polar surface area (TPSA) is 68.0 Å². The zero-order valence-electron chi connectivity index (χ0n) is 13.4. The lowest BCUT2D eigenvalue weighted by atomic mass is 9.96. The van der Waals surface area contributed by atoms with Crippen LogP contribution >= 0.6 is 15.9 Å². The third-order valence-corrected chi connectivity index (χ3v) is 3.83. The van der Waals surface area contributed by atoms with Crippen LogP contribution in [0.4, 0.5) is 0 Å². The van der Waals surface area contributed by atoms with E-state index in [9.17, 15) is 4.79 Å². The molecule has 1 amide bonds. The van der Waals surface area contributed by atoms with Gasteiger partial charge in [-0.3, -0.25) is 4.79 Å². The summed E-state index contributed by atoms with van der Waals surface area (Å²) in [4.78, 5) is 16.4. The molecule has 6 heteroatoms. The summed E-state index contributed by atoms with van der Waals surface area (Å²) in [5.41, 5.74) is 1.89. The Bertz CT molecular complexity index is 689. The van der Waals surface area contributed by atoms with Crippen LogP contribution in [0, 0.1) is 6.92 Å². The summed E-state index contributed by atoms with van der Waals surface area (Å²) in [7, 11) is 0.